The molecule has 0 aliphatic heterocycles. The number of halogens is 11. The monoisotopic (exact) mass is 2230 g/mol. The number of ether oxygens (including phenoxy) is 2. The van der Waals surface area contributed by atoms with Gasteiger partial charge in [-0.15, -0.1) is 23.5 Å². The molecule has 11 aromatic carbocycles. The standard InChI is InChI=1S/C22H16ClFN2O3S.C22H24ClNO5S.C21H19ClF3NO5S.C21H22ClNO3S.C19H11Cl3N4O3/c1-30-22-17(23)9-8-16-20(22)26(11-19(27)28)18-10-14(6-7-15(18)21(16)29)25-13-4-2-12(24)3-5-13;1-22(2,3)13-6-7-15-18(10-13)24(11-14(25)12-30(5,27)28)19-16(20(15)26)8-9-17(23)21(19)29-4;1-11(2)12-4-5-14-17(8-12)26(9-13(27)10-32(29,30)21(23,24)25)18-15(19(14)28)6-7-16(22)20(18)31-3;1-5-27-20-15(22)9-8-14-18(20)23(11-17(24)25)16-10-12(21(2,3)4)6-7-13(16)19(14)26;20-12-4-3-11-18(17(12)22)26(8-16(27)28)13-5-9(1-2-10(13)19(11)29)25-15-7-23-14(21)6-24-15/h2-10,25H,11H2,1H3,(H,27,28);6-10H,11-12H2,1-5H3;4-8,11H,9-10H2,1-3H3;6-10H,5,11H2,1-4H3,(H,24,25);1-7H,8H2,(H,24,25)(H,27,28). The molecule has 28 nitrogen and oxygen atoms in total. The van der Waals surface area contributed by atoms with E-state index in [1.165, 1.54) is 89.6 Å². The molecule has 43 heteroatoms. The van der Waals surface area contributed by atoms with Gasteiger partial charge in [-0.25, -0.2) is 31.2 Å². The molecule has 0 amide bonds. The van der Waals surface area contributed by atoms with Crippen molar-refractivity contribution in [1.82, 2.24) is 32.8 Å². The van der Waals surface area contributed by atoms with E-state index in [0.29, 0.717) is 119 Å². The van der Waals surface area contributed by atoms with Crippen molar-refractivity contribution < 1.29 is 83.2 Å². The summed E-state index contributed by atoms with van der Waals surface area (Å²) in [6, 6.07) is 47.8. The van der Waals surface area contributed by atoms with E-state index in [1.54, 1.807) is 135 Å². The molecule has 0 spiro atoms. The zero-order valence-corrected chi connectivity index (χ0v) is 89.5. The number of aliphatic carboxylic acids is 3. The number of carbonyl (C=O) groups is 5. The van der Waals surface area contributed by atoms with Gasteiger partial charge in [-0.2, -0.15) is 13.2 Å². The van der Waals surface area contributed by atoms with Crippen LogP contribution >= 0.6 is 105 Å². The van der Waals surface area contributed by atoms with Crippen LogP contribution in [-0.4, -0.2) is 144 Å². The topological polar surface area (TPSA) is 393 Å². The van der Waals surface area contributed by atoms with Crippen molar-refractivity contribution in [1.29, 1.82) is 0 Å². The number of carbonyl (C=O) groups excluding carboxylic acids is 2. The van der Waals surface area contributed by atoms with Crippen LogP contribution in [0, 0.1) is 5.82 Å². The van der Waals surface area contributed by atoms with Crippen molar-refractivity contribution in [3.05, 3.63) is 297 Å². The molecule has 0 saturated carbocycles. The largest absolute Gasteiger partial charge is 0.497 e. The number of aromatic nitrogens is 7. The van der Waals surface area contributed by atoms with Crippen molar-refractivity contribution in [3.63, 3.8) is 0 Å². The number of hydrogen-bond acceptors (Lipinski definition) is 22. The van der Waals surface area contributed by atoms with Crippen LogP contribution < -0.4 is 47.3 Å². The summed E-state index contributed by atoms with van der Waals surface area (Å²) < 4.78 is 116. The Labute approximate surface area is 885 Å². The van der Waals surface area contributed by atoms with Crippen molar-refractivity contribution in [3.8, 4) is 11.5 Å². The molecule has 6 heterocycles. The minimum atomic E-state index is -5.66. The lowest BCUT2D eigenvalue weighted by Gasteiger charge is -2.22. The number of carboxylic acid groups (broad SMARTS) is 3. The average Bonchev–Trinajstić information content (AvgIpc) is 0.752. The number of Topliss-reactive ketones (excluding diaryl/α,β-unsaturated/α-hetero) is 2. The highest BCUT2D eigenvalue weighted by atomic mass is 35.5. The number of benzene rings is 11. The Morgan fingerprint density at radius 3 is 1.17 bits per heavy atom. The van der Waals surface area contributed by atoms with E-state index in [1.807, 2.05) is 72.1 Å². The van der Waals surface area contributed by atoms with Crippen LogP contribution in [0.25, 0.3) is 109 Å². The molecule has 772 valence electrons. The van der Waals surface area contributed by atoms with Gasteiger partial charge in [-0.3, -0.25) is 47.9 Å². The van der Waals surface area contributed by atoms with Crippen molar-refractivity contribution in [2.45, 2.75) is 127 Å². The molecule has 0 fully saturated rings. The molecular formula is C105H92Cl7F4N9O19S4. The van der Waals surface area contributed by atoms with Gasteiger partial charge in [0, 0.05) is 66.4 Å². The van der Waals surface area contributed by atoms with E-state index in [9.17, 15) is 97.7 Å². The Morgan fingerprint density at radius 1 is 0.426 bits per heavy atom. The fraction of sp³-hybridized carbons (Fsp3) is 0.238. The molecule has 0 bridgehead atoms. The van der Waals surface area contributed by atoms with Crippen LogP contribution in [0.3, 0.4) is 0 Å². The minimum Gasteiger partial charge on any atom is -0.493 e. The lowest BCUT2D eigenvalue weighted by atomic mass is 9.86. The van der Waals surface area contributed by atoms with Gasteiger partial charge in [0.15, 0.2) is 60.0 Å². The van der Waals surface area contributed by atoms with Crippen LogP contribution in [0.2, 0.25) is 35.3 Å². The van der Waals surface area contributed by atoms with Crippen LogP contribution in [-0.2, 0) is 87.2 Å². The molecule has 0 unspecified atom stereocenters. The number of hydrogen-bond donors (Lipinski definition) is 5. The zero-order valence-electron chi connectivity index (χ0n) is 80.9. The van der Waals surface area contributed by atoms with Crippen LogP contribution in [0.4, 0.5) is 40.4 Å². The number of rotatable bonds is 24. The van der Waals surface area contributed by atoms with Gasteiger partial charge in [0.05, 0.1) is 146 Å². The van der Waals surface area contributed by atoms with E-state index in [0.717, 1.165) is 33.6 Å². The van der Waals surface area contributed by atoms with Crippen molar-refractivity contribution in [2.75, 3.05) is 54.6 Å². The third-order valence-corrected chi connectivity index (χ3v) is 30.2. The average molecular weight is 2240 g/mol. The molecule has 0 atom stereocenters. The molecule has 17 rings (SSSR count). The maximum atomic E-state index is 13.2. The summed E-state index contributed by atoms with van der Waals surface area (Å²) in [5.74, 6) is -5.90. The van der Waals surface area contributed by atoms with Gasteiger partial charge >= 0.3 is 23.4 Å². The van der Waals surface area contributed by atoms with E-state index in [2.05, 4.69) is 41.4 Å². The second-order valence-corrected chi connectivity index (χ2v) is 45.4. The summed E-state index contributed by atoms with van der Waals surface area (Å²) in [7, 11) is -6.43. The predicted molar refractivity (Wildman–Crippen MR) is 584 cm³/mol. The highest BCUT2D eigenvalue weighted by Gasteiger charge is 2.47. The fourth-order valence-corrected chi connectivity index (χ4v) is 21.4. The molecular weight excluding hydrogens is 2140 g/mol. The normalized spacial score (nSPS) is 11.9. The van der Waals surface area contributed by atoms with Gasteiger partial charge < -0.3 is 58.3 Å². The second-order valence-electron chi connectivity index (χ2n) is 36.3. The summed E-state index contributed by atoms with van der Waals surface area (Å²) in [5.41, 5.74) is 1.77. The zero-order chi connectivity index (χ0) is 108. The molecule has 17 aromatic rings. The first kappa shape index (κ1) is 112. The number of nitrogens with zero attached hydrogens (tertiary/aromatic N) is 7. The molecule has 6 aromatic heterocycles. The maximum Gasteiger partial charge on any atom is 0.497 e. The number of alkyl halides is 3. The number of pyridine rings is 5. The second kappa shape index (κ2) is 45.3. The van der Waals surface area contributed by atoms with Crippen LogP contribution in [0.1, 0.15) is 84.9 Å². The third kappa shape index (κ3) is 24.3. The number of nitrogens with one attached hydrogen (secondary N) is 2. The minimum absolute atomic E-state index is 0.0428. The van der Waals surface area contributed by atoms with Gasteiger partial charge in [-0.05, 0) is 203 Å². The molecule has 0 saturated heterocycles. The Bertz CT molecular complexity index is 8910. The Hall–Kier alpha value is -12.9. The van der Waals surface area contributed by atoms with Gasteiger partial charge in [0.2, 0.25) is 0 Å². The van der Waals surface area contributed by atoms with Gasteiger partial charge in [0.1, 0.15) is 47.9 Å². The third-order valence-electron chi connectivity index (χ3n) is 23.7. The summed E-state index contributed by atoms with van der Waals surface area (Å²) in [4.78, 5) is 135. The van der Waals surface area contributed by atoms with E-state index in [-0.39, 0.29) is 134 Å². The quantitative estimate of drug-likeness (QED) is 0.0213. The molecule has 148 heavy (non-hydrogen) atoms. The van der Waals surface area contributed by atoms with E-state index in [4.69, 9.17) is 90.7 Å². The highest BCUT2D eigenvalue weighted by molar-refractivity contribution is 7.99. The molecule has 0 aliphatic rings. The molecule has 0 radical (unpaired) electrons. The number of sulfone groups is 2. The van der Waals surface area contributed by atoms with Crippen LogP contribution in [0.5, 0.6) is 11.5 Å². The predicted octanol–water partition coefficient (Wildman–Crippen LogP) is 23.7. The first-order chi connectivity index (χ1) is 69.5. The van der Waals surface area contributed by atoms with E-state index >= 15 is 0 Å². The lowest BCUT2D eigenvalue weighted by Crippen LogP contribution is -2.31. The summed E-state index contributed by atoms with van der Waals surface area (Å²) in [5, 5.41) is 40.3. The van der Waals surface area contributed by atoms with Crippen LogP contribution in [0.15, 0.2) is 222 Å². The van der Waals surface area contributed by atoms with Crippen molar-refractivity contribution in [2.24, 2.45) is 0 Å². The summed E-state index contributed by atoms with van der Waals surface area (Å²) >= 11 is 46.3. The summed E-state index contributed by atoms with van der Waals surface area (Å²) in [6.45, 7) is 16.3. The van der Waals surface area contributed by atoms with Gasteiger partial charge in [-0.1, -0.05) is 162 Å². The van der Waals surface area contributed by atoms with Crippen molar-refractivity contribution >= 4 is 286 Å². The lowest BCUT2D eigenvalue weighted by molar-refractivity contribution is -0.138. The van der Waals surface area contributed by atoms with Gasteiger partial charge in [0.25, 0.3) is 9.84 Å². The Kier molecular flexibility index (Phi) is 34.4. The number of carboxylic acids is 3. The smallest absolute Gasteiger partial charge is 0.493 e. The number of anilines is 4. The number of ketones is 2. The first-order valence-electron chi connectivity index (χ1n) is 44.8. The summed E-state index contributed by atoms with van der Waals surface area (Å²) in [6.07, 6.45) is 5.68. The highest BCUT2D eigenvalue weighted by Crippen LogP contribution is 2.43. The molecule has 0 aliphatic carbocycles. The SMILES string of the molecule is CCSc1c(Cl)ccc2c(=O)c3ccc(C(C)(C)C)cc3n(CC(=O)O)c12.COc1c(Cl)ccc2c(=O)c3ccc(C(C)(C)C)cc3n(CC(=O)CS(C)(=O)=O)c12.COc1c(Cl)ccc2c(=O)c3ccc(C(C)C)cc3n(CC(=O)CS(=O)(=O)C(F)(F)F)c12.CSc1c(Cl)ccc2c(=O)c3ccc(Nc4ccc(F)cc4)cc3n(CC(=O)O)c12.O=C(O)Cn1c2cc(Nc3cnc(Cl)cn3)ccc2c(=O)c2ccc(Cl)c(Cl)c21. The number of methoxy groups -OCH3 is 2. The Balaban J connectivity index is 0.000000155. The molecule has 5 N–H and O–H groups in total. The maximum absolute atomic E-state index is 13.2. The fourth-order valence-electron chi connectivity index (χ4n) is 16.9. The first-order valence-corrected chi connectivity index (χ1v) is 53.3. The van der Waals surface area contributed by atoms with E-state index < -0.39 is 79.3 Å². The number of thioether (sulfide) groups is 2. The number of fused-ring (bicyclic) bond motifs is 10. The Morgan fingerprint density at radius 2 is 0.777 bits per heavy atom.